The third-order valence-corrected chi connectivity index (χ3v) is 7.42. The van der Waals surface area contributed by atoms with Gasteiger partial charge in [-0.2, -0.15) is 5.10 Å². The summed E-state index contributed by atoms with van der Waals surface area (Å²) in [5.41, 5.74) is 8.16. The van der Waals surface area contributed by atoms with Crippen molar-refractivity contribution in [2.75, 3.05) is 5.75 Å². The van der Waals surface area contributed by atoms with Crippen LogP contribution in [0.2, 0.25) is 0 Å². The van der Waals surface area contributed by atoms with Gasteiger partial charge < -0.3 is 0 Å². The molecule has 180 valence electrons. The zero-order valence-electron chi connectivity index (χ0n) is 20.6. The van der Waals surface area contributed by atoms with Crippen LogP contribution in [0, 0.1) is 13.8 Å². The number of hydrogen-bond acceptors (Lipinski definition) is 6. The molecular formula is C27H29N5OS2. The van der Waals surface area contributed by atoms with Crippen LogP contribution >= 0.6 is 23.1 Å². The van der Waals surface area contributed by atoms with E-state index < -0.39 is 0 Å². The lowest BCUT2D eigenvalue weighted by Gasteiger charge is -2.19. The van der Waals surface area contributed by atoms with E-state index in [2.05, 4.69) is 84.8 Å². The standard InChI is InChI=1S/C27H29N5OS2/c1-18-6-12-22(13-7-18)32-25(20-8-10-21(11-9-20)27(3,4)5)30-31-26(32)35-17-24(33)29-28-16-23-19(2)14-15-34-23/h6-16H,17H2,1-5H3,(H,29,33)/b28-16+. The first-order valence-corrected chi connectivity index (χ1v) is 13.2. The first-order chi connectivity index (χ1) is 16.7. The van der Waals surface area contributed by atoms with Crippen molar-refractivity contribution in [1.29, 1.82) is 0 Å². The fourth-order valence-corrected chi connectivity index (χ4v) is 4.97. The van der Waals surface area contributed by atoms with Gasteiger partial charge in [-0.1, -0.05) is 74.5 Å². The number of hydrogen-bond donors (Lipinski definition) is 1. The van der Waals surface area contributed by atoms with Crippen molar-refractivity contribution in [2.45, 2.75) is 45.2 Å². The molecule has 0 fully saturated rings. The number of carbonyl (C=O) groups excluding carboxylic acids is 1. The van der Waals surface area contributed by atoms with Gasteiger partial charge in [-0.15, -0.1) is 21.5 Å². The summed E-state index contributed by atoms with van der Waals surface area (Å²) < 4.78 is 2.00. The van der Waals surface area contributed by atoms with Crippen molar-refractivity contribution >= 4 is 35.2 Å². The molecule has 8 heteroatoms. The van der Waals surface area contributed by atoms with Crippen molar-refractivity contribution < 1.29 is 4.79 Å². The highest BCUT2D eigenvalue weighted by Crippen LogP contribution is 2.30. The number of rotatable bonds is 7. The number of aryl methyl sites for hydroxylation is 2. The van der Waals surface area contributed by atoms with Crippen molar-refractivity contribution in [3.8, 4) is 17.1 Å². The van der Waals surface area contributed by atoms with Crippen LogP contribution in [0.5, 0.6) is 0 Å². The number of thiophene rings is 1. The lowest BCUT2D eigenvalue weighted by atomic mass is 9.87. The fraction of sp³-hybridized carbons (Fsp3) is 0.259. The van der Waals surface area contributed by atoms with Gasteiger partial charge in [0, 0.05) is 16.1 Å². The van der Waals surface area contributed by atoms with Crippen LogP contribution in [0.4, 0.5) is 0 Å². The Morgan fingerprint density at radius 3 is 2.40 bits per heavy atom. The van der Waals surface area contributed by atoms with Gasteiger partial charge in [-0.3, -0.25) is 9.36 Å². The molecule has 0 saturated carbocycles. The summed E-state index contributed by atoms with van der Waals surface area (Å²) in [6.45, 7) is 10.7. The molecule has 1 amide bonds. The molecule has 0 saturated heterocycles. The number of thioether (sulfide) groups is 1. The number of nitrogens with one attached hydrogen (secondary N) is 1. The van der Waals surface area contributed by atoms with Gasteiger partial charge in [0.1, 0.15) is 0 Å². The fourth-order valence-electron chi connectivity index (χ4n) is 3.44. The Kier molecular flexibility index (Phi) is 7.52. The van der Waals surface area contributed by atoms with E-state index in [4.69, 9.17) is 0 Å². The lowest BCUT2D eigenvalue weighted by molar-refractivity contribution is -0.118. The predicted molar refractivity (Wildman–Crippen MR) is 146 cm³/mol. The van der Waals surface area contributed by atoms with Crippen LogP contribution in [0.3, 0.4) is 0 Å². The molecule has 35 heavy (non-hydrogen) atoms. The molecule has 2 heterocycles. The van der Waals surface area contributed by atoms with Gasteiger partial charge >= 0.3 is 0 Å². The van der Waals surface area contributed by atoms with Gasteiger partial charge in [-0.25, -0.2) is 5.43 Å². The van der Waals surface area contributed by atoms with E-state index in [1.807, 2.05) is 35.1 Å². The molecule has 0 aliphatic heterocycles. The summed E-state index contributed by atoms with van der Waals surface area (Å²) in [6, 6.07) is 18.7. The first kappa shape index (κ1) is 24.9. The average Bonchev–Trinajstić information content (AvgIpc) is 3.44. The summed E-state index contributed by atoms with van der Waals surface area (Å²) >= 11 is 2.92. The zero-order chi connectivity index (χ0) is 25.0. The smallest absolute Gasteiger partial charge is 0.250 e. The Bertz CT molecular complexity index is 1330. The third-order valence-electron chi connectivity index (χ3n) is 5.54. The highest BCUT2D eigenvalue weighted by atomic mass is 32.2. The monoisotopic (exact) mass is 503 g/mol. The van der Waals surface area contributed by atoms with E-state index in [9.17, 15) is 4.79 Å². The molecule has 6 nitrogen and oxygen atoms in total. The van der Waals surface area contributed by atoms with Crippen LogP contribution in [0.25, 0.3) is 17.1 Å². The summed E-state index contributed by atoms with van der Waals surface area (Å²) in [7, 11) is 0. The normalized spacial score (nSPS) is 11.8. The number of hydrazone groups is 1. The van der Waals surface area contributed by atoms with Gasteiger partial charge in [0.25, 0.3) is 5.91 Å². The number of aromatic nitrogens is 3. The van der Waals surface area contributed by atoms with E-state index in [1.54, 1.807) is 17.6 Å². The van der Waals surface area contributed by atoms with Crippen molar-refractivity contribution in [1.82, 2.24) is 20.2 Å². The number of amides is 1. The largest absolute Gasteiger partial charge is 0.272 e. The summed E-state index contributed by atoms with van der Waals surface area (Å²) in [6.07, 6.45) is 1.68. The Morgan fingerprint density at radius 2 is 1.77 bits per heavy atom. The van der Waals surface area contributed by atoms with Gasteiger partial charge in [0.05, 0.1) is 12.0 Å². The number of benzene rings is 2. The highest BCUT2D eigenvalue weighted by molar-refractivity contribution is 7.99. The maximum Gasteiger partial charge on any atom is 0.250 e. The molecule has 0 aliphatic carbocycles. The van der Waals surface area contributed by atoms with E-state index in [0.717, 1.165) is 27.5 Å². The van der Waals surface area contributed by atoms with Crippen LogP contribution in [0.1, 0.15) is 42.3 Å². The molecule has 0 radical (unpaired) electrons. The lowest BCUT2D eigenvalue weighted by Crippen LogP contribution is -2.20. The molecule has 0 bridgehead atoms. The van der Waals surface area contributed by atoms with Crippen molar-refractivity contribution in [2.24, 2.45) is 5.10 Å². The molecule has 1 N–H and O–H groups in total. The quantitative estimate of drug-likeness (QED) is 0.186. The topological polar surface area (TPSA) is 72.2 Å². The first-order valence-electron chi connectivity index (χ1n) is 11.3. The molecule has 4 aromatic rings. The maximum atomic E-state index is 12.4. The third kappa shape index (κ3) is 6.07. The maximum absolute atomic E-state index is 12.4. The molecule has 0 spiro atoms. The molecule has 4 rings (SSSR count). The summed E-state index contributed by atoms with van der Waals surface area (Å²) in [5.74, 6) is 0.715. The predicted octanol–water partition coefficient (Wildman–Crippen LogP) is 6.15. The molecule has 0 aliphatic rings. The number of nitrogens with zero attached hydrogens (tertiary/aromatic N) is 4. The second-order valence-corrected chi connectivity index (χ2v) is 11.2. The van der Waals surface area contributed by atoms with E-state index >= 15 is 0 Å². The molecule has 2 aromatic heterocycles. The van der Waals surface area contributed by atoms with E-state index in [-0.39, 0.29) is 17.1 Å². The van der Waals surface area contributed by atoms with Crippen LogP contribution in [-0.2, 0) is 10.2 Å². The Labute approximate surface area is 214 Å². The average molecular weight is 504 g/mol. The van der Waals surface area contributed by atoms with Gasteiger partial charge in [-0.05, 0) is 54.0 Å². The zero-order valence-corrected chi connectivity index (χ0v) is 22.2. The van der Waals surface area contributed by atoms with Crippen LogP contribution in [0.15, 0.2) is 70.2 Å². The van der Waals surface area contributed by atoms with Gasteiger partial charge in [0.15, 0.2) is 11.0 Å². The minimum atomic E-state index is -0.199. The van der Waals surface area contributed by atoms with E-state index in [0.29, 0.717) is 5.16 Å². The summed E-state index contributed by atoms with van der Waals surface area (Å²) in [4.78, 5) is 13.5. The second-order valence-electron chi connectivity index (χ2n) is 9.35. The Hall–Kier alpha value is -3.23. The molecule has 2 aromatic carbocycles. The molecule has 0 unspecified atom stereocenters. The van der Waals surface area contributed by atoms with Gasteiger partial charge in [0.2, 0.25) is 0 Å². The number of carbonyl (C=O) groups is 1. The summed E-state index contributed by atoms with van der Waals surface area (Å²) in [5, 5.41) is 15.7. The minimum Gasteiger partial charge on any atom is -0.272 e. The SMILES string of the molecule is Cc1ccc(-n2c(SCC(=O)N/N=C/c3sccc3C)nnc2-c2ccc(C(C)(C)C)cc2)cc1. The molecule has 0 atom stereocenters. The second kappa shape index (κ2) is 10.6. The van der Waals surface area contributed by atoms with Crippen LogP contribution in [-0.4, -0.2) is 32.6 Å². The van der Waals surface area contributed by atoms with Crippen molar-refractivity contribution in [3.05, 3.63) is 81.5 Å². The van der Waals surface area contributed by atoms with Crippen molar-refractivity contribution in [3.63, 3.8) is 0 Å². The van der Waals surface area contributed by atoms with Crippen LogP contribution < -0.4 is 5.43 Å². The van der Waals surface area contributed by atoms with E-state index in [1.165, 1.54) is 22.9 Å². The highest BCUT2D eigenvalue weighted by Gasteiger charge is 2.19. The molecular weight excluding hydrogens is 474 g/mol. The Morgan fingerprint density at radius 1 is 1.06 bits per heavy atom. The Balaban J connectivity index is 1.56. The minimum absolute atomic E-state index is 0.0716.